The predicted molar refractivity (Wildman–Crippen MR) is 102 cm³/mol. The lowest BCUT2D eigenvalue weighted by Gasteiger charge is -2.26. The van der Waals surface area contributed by atoms with Crippen molar-refractivity contribution < 1.29 is 0 Å². The number of H-pyrrole nitrogens is 1. The van der Waals surface area contributed by atoms with Gasteiger partial charge in [-0.25, -0.2) is 4.98 Å². The minimum atomic E-state index is -0.106. The lowest BCUT2D eigenvalue weighted by atomic mass is 10.1. The first-order valence-electron chi connectivity index (χ1n) is 9.41. The van der Waals surface area contributed by atoms with Crippen molar-refractivity contribution in [2.24, 2.45) is 0 Å². The normalized spacial score (nSPS) is 15.2. The number of aromatic nitrogens is 2. The van der Waals surface area contributed by atoms with Gasteiger partial charge in [-0.2, -0.15) is 0 Å². The molecule has 25 heavy (non-hydrogen) atoms. The Kier molecular flexibility index (Phi) is 6.23. The number of hydrogen-bond acceptors (Lipinski definition) is 4. The maximum absolute atomic E-state index is 11.8. The van der Waals surface area contributed by atoms with Gasteiger partial charge in [0.15, 0.2) is 0 Å². The second-order valence-electron chi connectivity index (χ2n) is 6.85. The molecule has 1 fully saturated rings. The Morgan fingerprint density at radius 3 is 2.64 bits per heavy atom. The Bertz CT molecular complexity index is 717. The number of aryl methyl sites for hydroxylation is 1. The number of nitrogens with zero attached hydrogens (tertiary/aromatic N) is 2. The minimum absolute atomic E-state index is 0.106. The van der Waals surface area contributed by atoms with Crippen LogP contribution in [0.25, 0.3) is 0 Å². The summed E-state index contributed by atoms with van der Waals surface area (Å²) in [6.07, 6.45) is 6.96. The first-order valence-corrected chi connectivity index (χ1v) is 9.41. The van der Waals surface area contributed by atoms with E-state index in [4.69, 9.17) is 0 Å². The lowest BCUT2D eigenvalue weighted by molar-refractivity contribution is 0.221. The molecule has 0 atom stereocenters. The van der Waals surface area contributed by atoms with Crippen molar-refractivity contribution in [2.45, 2.75) is 52.0 Å². The van der Waals surface area contributed by atoms with E-state index in [0.29, 0.717) is 5.95 Å². The number of hydrogen-bond donors (Lipinski definition) is 2. The first-order chi connectivity index (χ1) is 12.2. The number of nitrogens with one attached hydrogen (secondary N) is 2. The highest BCUT2D eigenvalue weighted by Gasteiger charge is 2.10. The molecule has 0 spiro atoms. The SMILES string of the molecule is CCCCc1cc(=O)[nH]c(Nc2ccc(CN3CCCCC3)cc2)n1. The van der Waals surface area contributed by atoms with Crippen molar-refractivity contribution in [3.63, 3.8) is 0 Å². The second kappa shape index (κ2) is 8.81. The van der Waals surface area contributed by atoms with Crippen molar-refractivity contribution in [1.82, 2.24) is 14.9 Å². The van der Waals surface area contributed by atoms with Crippen LogP contribution in [0.15, 0.2) is 35.1 Å². The predicted octanol–water partition coefficient (Wildman–Crippen LogP) is 3.84. The minimum Gasteiger partial charge on any atom is -0.326 e. The van der Waals surface area contributed by atoms with Crippen LogP contribution in [0, 0.1) is 0 Å². The third-order valence-corrected chi connectivity index (χ3v) is 4.65. The third-order valence-electron chi connectivity index (χ3n) is 4.65. The molecule has 2 heterocycles. The van der Waals surface area contributed by atoms with Crippen LogP contribution in [0.1, 0.15) is 50.3 Å². The molecule has 3 rings (SSSR count). The van der Waals surface area contributed by atoms with Gasteiger partial charge in [0, 0.05) is 24.0 Å². The number of likely N-dealkylation sites (tertiary alicyclic amines) is 1. The van der Waals surface area contributed by atoms with E-state index < -0.39 is 0 Å². The fourth-order valence-corrected chi connectivity index (χ4v) is 3.26. The van der Waals surface area contributed by atoms with Crippen LogP contribution in [0.5, 0.6) is 0 Å². The first kappa shape index (κ1) is 17.7. The van der Waals surface area contributed by atoms with Crippen LogP contribution in [0.2, 0.25) is 0 Å². The van der Waals surface area contributed by atoms with Crippen molar-refractivity contribution in [3.8, 4) is 0 Å². The lowest BCUT2D eigenvalue weighted by Crippen LogP contribution is -2.29. The van der Waals surface area contributed by atoms with Gasteiger partial charge in [-0.05, 0) is 56.5 Å². The van der Waals surface area contributed by atoms with Gasteiger partial charge in [-0.15, -0.1) is 0 Å². The highest BCUT2D eigenvalue weighted by molar-refractivity contribution is 5.53. The van der Waals surface area contributed by atoms with Crippen molar-refractivity contribution >= 4 is 11.6 Å². The molecule has 1 aliphatic heterocycles. The molecule has 1 saturated heterocycles. The molecule has 5 heteroatoms. The van der Waals surface area contributed by atoms with Gasteiger partial charge < -0.3 is 5.32 Å². The molecule has 0 amide bonds. The number of anilines is 2. The molecule has 0 saturated carbocycles. The zero-order chi connectivity index (χ0) is 17.5. The summed E-state index contributed by atoms with van der Waals surface area (Å²) >= 11 is 0. The van der Waals surface area contributed by atoms with Gasteiger partial charge in [-0.3, -0.25) is 14.7 Å². The van der Waals surface area contributed by atoms with E-state index >= 15 is 0 Å². The molecule has 1 aromatic heterocycles. The number of unbranched alkanes of at least 4 members (excludes halogenated alkanes) is 1. The monoisotopic (exact) mass is 340 g/mol. The van der Waals surface area contributed by atoms with E-state index in [0.717, 1.165) is 37.2 Å². The summed E-state index contributed by atoms with van der Waals surface area (Å²) in [7, 11) is 0. The molecule has 0 radical (unpaired) electrons. The van der Waals surface area contributed by atoms with Crippen molar-refractivity contribution in [2.75, 3.05) is 18.4 Å². The maximum atomic E-state index is 11.8. The van der Waals surface area contributed by atoms with E-state index in [9.17, 15) is 4.79 Å². The topological polar surface area (TPSA) is 61.0 Å². The molecular formula is C20H28N4O. The standard InChI is InChI=1S/C20H28N4O/c1-2-3-7-18-14-19(25)23-20(22-18)21-17-10-8-16(9-11-17)15-24-12-5-4-6-13-24/h8-11,14H,2-7,12-13,15H2,1H3,(H2,21,22,23,25). The Labute approximate surface area is 149 Å². The van der Waals surface area contributed by atoms with Crippen molar-refractivity contribution in [1.29, 1.82) is 0 Å². The van der Waals surface area contributed by atoms with Crippen LogP contribution in [0.4, 0.5) is 11.6 Å². The molecule has 0 aliphatic carbocycles. The molecule has 1 aromatic carbocycles. The molecular weight excluding hydrogens is 312 g/mol. The van der Waals surface area contributed by atoms with Gasteiger partial charge in [0.1, 0.15) is 0 Å². The fourth-order valence-electron chi connectivity index (χ4n) is 3.26. The Morgan fingerprint density at radius 2 is 1.92 bits per heavy atom. The summed E-state index contributed by atoms with van der Waals surface area (Å²) in [6.45, 7) is 5.56. The molecule has 2 aromatic rings. The van der Waals surface area contributed by atoms with Gasteiger partial charge >= 0.3 is 0 Å². The summed E-state index contributed by atoms with van der Waals surface area (Å²) in [5.41, 5.74) is 3.00. The van der Waals surface area contributed by atoms with Crippen LogP contribution < -0.4 is 10.9 Å². The van der Waals surface area contributed by atoms with E-state index in [2.05, 4.69) is 51.4 Å². The molecule has 0 bridgehead atoms. The Balaban J connectivity index is 1.62. The average molecular weight is 340 g/mol. The van der Waals surface area contributed by atoms with Crippen LogP contribution >= 0.6 is 0 Å². The van der Waals surface area contributed by atoms with Gasteiger partial charge in [-0.1, -0.05) is 31.9 Å². The Morgan fingerprint density at radius 1 is 1.16 bits per heavy atom. The van der Waals surface area contributed by atoms with Crippen LogP contribution in [-0.2, 0) is 13.0 Å². The number of benzene rings is 1. The Hall–Kier alpha value is -2.14. The quantitative estimate of drug-likeness (QED) is 0.804. The van der Waals surface area contributed by atoms with Gasteiger partial charge in [0.05, 0.1) is 0 Å². The van der Waals surface area contributed by atoms with E-state index in [1.807, 2.05) is 0 Å². The van der Waals surface area contributed by atoms with E-state index in [-0.39, 0.29) is 5.56 Å². The highest BCUT2D eigenvalue weighted by Crippen LogP contribution is 2.17. The number of piperidine rings is 1. The molecule has 1 aliphatic rings. The summed E-state index contributed by atoms with van der Waals surface area (Å²) in [5.74, 6) is 0.516. The smallest absolute Gasteiger partial charge is 0.252 e. The summed E-state index contributed by atoms with van der Waals surface area (Å²) < 4.78 is 0. The van der Waals surface area contributed by atoms with E-state index in [1.54, 1.807) is 6.07 Å². The van der Waals surface area contributed by atoms with Crippen LogP contribution in [-0.4, -0.2) is 28.0 Å². The second-order valence-corrected chi connectivity index (χ2v) is 6.85. The molecule has 134 valence electrons. The maximum Gasteiger partial charge on any atom is 0.252 e. The largest absolute Gasteiger partial charge is 0.326 e. The van der Waals surface area contributed by atoms with Crippen molar-refractivity contribution in [3.05, 3.63) is 51.9 Å². The molecule has 2 N–H and O–H groups in total. The number of aromatic amines is 1. The number of rotatable bonds is 7. The highest BCUT2D eigenvalue weighted by atomic mass is 16.1. The summed E-state index contributed by atoms with van der Waals surface area (Å²) in [6, 6.07) is 9.99. The fraction of sp³-hybridized carbons (Fsp3) is 0.500. The van der Waals surface area contributed by atoms with E-state index in [1.165, 1.54) is 37.9 Å². The van der Waals surface area contributed by atoms with Gasteiger partial charge in [0.25, 0.3) is 5.56 Å². The zero-order valence-electron chi connectivity index (χ0n) is 15.1. The zero-order valence-corrected chi connectivity index (χ0v) is 15.1. The average Bonchev–Trinajstić information content (AvgIpc) is 2.62. The van der Waals surface area contributed by atoms with Gasteiger partial charge in [0.2, 0.25) is 5.95 Å². The summed E-state index contributed by atoms with van der Waals surface area (Å²) in [5, 5.41) is 3.21. The van der Waals surface area contributed by atoms with Crippen LogP contribution in [0.3, 0.4) is 0 Å². The third kappa shape index (κ3) is 5.43. The molecule has 0 unspecified atom stereocenters. The summed E-state index contributed by atoms with van der Waals surface area (Å²) in [4.78, 5) is 21.6. The molecule has 5 nitrogen and oxygen atoms in total.